The van der Waals surface area contributed by atoms with Crippen LogP contribution in [0.3, 0.4) is 0 Å². The Labute approximate surface area is 125 Å². The number of phenols is 1. The lowest BCUT2D eigenvalue weighted by Crippen LogP contribution is -2.10. The molecule has 0 aliphatic heterocycles. The second-order valence-electron chi connectivity index (χ2n) is 6.51. The Hall–Kier alpha value is -2.28. The highest BCUT2D eigenvalue weighted by Gasteiger charge is 2.16. The van der Waals surface area contributed by atoms with Gasteiger partial charge in [-0.05, 0) is 39.4 Å². The molecular weight excluding hydrogens is 256 g/mol. The van der Waals surface area contributed by atoms with Crippen LogP contribution in [0, 0.1) is 0 Å². The second-order valence-corrected chi connectivity index (χ2v) is 6.51. The Bertz CT molecular complexity index is 789. The summed E-state index contributed by atoms with van der Waals surface area (Å²) >= 11 is 0. The molecule has 0 unspecified atom stereocenters. The Morgan fingerprint density at radius 1 is 0.762 bits per heavy atom. The molecule has 1 heteroatoms. The van der Waals surface area contributed by atoms with E-state index in [1.54, 1.807) is 6.07 Å². The minimum Gasteiger partial charge on any atom is -0.507 e. The molecule has 0 spiro atoms. The van der Waals surface area contributed by atoms with Gasteiger partial charge < -0.3 is 5.11 Å². The molecule has 3 aromatic rings. The summed E-state index contributed by atoms with van der Waals surface area (Å²) in [6.07, 6.45) is 0. The highest BCUT2D eigenvalue weighted by molar-refractivity contribution is 5.98. The molecule has 0 amide bonds. The molecule has 0 aliphatic carbocycles. The first-order valence-electron chi connectivity index (χ1n) is 7.28. The largest absolute Gasteiger partial charge is 0.507 e. The summed E-state index contributed by atoms with van der Waals surface area (Å²) in [6.45, 7) is 6.56. The fourth-order valence-electron chi connectivity index (χ4n) is 2.68. The Kier molecular flexibility index (Phi) is 3.21. The maximum atomic E-state index is 10.3. The molecule has 0 aromatic heterocycles. The monoisotopic (exact) mass is 276 g/mol. The van der Waals surface area contributed by atoms with Crippen molar-refractivity contribution in [2.45, 2.75) is 26.2 Å². The van der Waals surface area contributed by atoms with Gasteiger partial charge in [0, 0.05) is 5.56 Å². The maximum absolute atomic E-state index is 10.3. The van der Waals surface area contributed by atoms with Gasteiger partial charge in [0.05, 0.1) is 0 Å². The molecule has 0 radical (unpaired) electrons. The molecule has 0 atom stereocenters. The van der Waals surface area contributed by atoms with Gasteiger partial charge in [0.25, 0.3) is 0 Å². The van der Waals surface area contributed by atoms with Gasteiger partial charge in [-0.25, -0.2) is 0 Å². The topological polar surface area (TPSA) is 20.2 Å². The summed E-state index contributed by atoms with van der Waals surface area (Å²) < 4.78 is 0. The Morgan fingerprint density at radius 3 is 2.24 bits per heavy atom. The van der Waals surface area contributed by atoms with E-state index < -0.39 is 0 Å². The van der Waals surface area contributed by atoms with Gasteiger partial charge in [0.1, 0.15) is 5.75 Å². The van der Waals surface area contributed by atoms with Gasteiger partial charge in [-0.1, -0.05) is 69.3 Å². The highest BCUT2D eigenvalue weighted by atomic mass is 16.3. The number of benzene rings is 3. The van der Waals surface area contributed by atoms with E-state index in [1.165, 1.54) is 16.3 Å². The summed E-state index contributed by atoms with van der Waals surface area (Å²) in [5, 5.41) is 12.7. The van der Waals surface area contributed by atoms with Gasteiger partial charge in [0.15, 0.2) is 0 Å². The van der Waals surface area contributed by atoms with Crippen molar-refractivity contribution in [3.8, 4) is 16.9 Å². The van der Waals surface area contributed by atoms with Crippen LogP contribution in [-0.2, 0) is 5.41 Å². The van der Waals surface area contributed by atoms with Crippen LogP contribution in [0.5, 0.6) is 5.75 Å². The van der Waals surface area contributed by atoms with Crippen molar-refractivity contribution in [3.63, 3.8) is 0 Å². The fourth-order valence-corrected chi connectivity index (χ4v) is 2.68. The molecule has 3 rings (SSSR count). The highest BCUT2D eigenvalue weighted by Crippen LogP contribution is 2.37. The van der Waals surface area contributed by atoms with Crippen molar-refractivity contribution in [1.82, 2.24) is 0 Å². The minimum atomic E-state index is 0.0625. The third kappa shape index (κ3) is 2.52. The van der Waals surface area contributed by atoms with Crippen molar-refractivity contribution in [2.24, 2.45) is 0 Å². The van der Waals surface area contributed by atoms with Crippen LogP contribution in [0.15, 0.2) is 60.7 Å². The first kappa shape index (κ1) is 13.7. The van der Waals surface area contributed by atoms with E-state index in [9.17, 15) is 5.11 Å². The number of rotatable bonds is 1. The summed E-state index contributed by atoms with van der Waals surface area (Å²) in [4.78, 5) is 0. The van der Waals surface area contributed by atoms with Crippen molar-refractivity contribution in [2.75, 3.05) is 0 Å². The van der Waals surface area contributed by atoms with Crippen molar-refractivity contribution in [3.05, 3.63) is 66.2 Å². The number of hydrogen-bond acceptors (Lipinski definition) is 1. The summed E-state index contributed by atoms with van der Waals surface area (Å²) in [6, 6.07) is 20.4. The van der Waals surface area contributed by atoms with E-state index in [0.29, 0.717) is 5.75 Å². The quantitative estimate of drug-likeness (QED) is 0.621. The number of hydrogen-bond donors (Lipinski definition) is 1. The standard InChI is InChI=1S/C20H20O/c1-20(2,3)15-11-12-19(21)18(13-15)17-10-6-8-14-7-4-5-9-16(14)17/h4-13,21H,1-3H3. The molecule has 0 saturated carbocycles. The average Bonchev–Trinajstić information content (AvgIpc) is 2.46. The summed E-state index contributed by atoms with van der Waals surface area (Å²) in [5.41, 5.74) is 3.27. The van der Waals surface area contributed by atoms with Crippen LogP contribution >= 0.6 is 0 Å². The molecular formula is C20H20O. The summed E-state index contributed by atoms with van der Waals surface area (Å²) in [7, 11) is 0. The van der Waals surface area contributed by atoms with Gasteiger partial charge in [-0.3, -0.25) is 0 Å². The third-order valence-corrected chi connectivity index (χ3v) is 3.94. The molecule has 0 saturated heterocycles. The van der Waals surface area contributed by atoms with Crippen molar-refractivity contribution < 1.29 is 5.11 Å². The number of fused-ring (bicyclic) bond motifs is 1. The Morgan fingerprint density at radius 2 is 1.48 bits per heavy atom. The van der Waals surface area contributed by atoms with Crippen LogP contribution in [0.1, 0.15) is 26.3 Å². The van der Waals surface area contributed by atoms with E-state index in [4.69, 9.17) is 0 Å². The second kappa shape index (κ2) is 4.92. The molecule has 0 fully saturated rings. The Balaban J connectivity index is 2.28. The van der Waals surface area contributed by atoms with Crippen LogP contribution in [0.4, 0.5) is 0 Å². The van der Waals surface area contributed by atoms with E-state index in [2.05, 4.69) is 51.1 Å². The molecule has 1 nitrogen and oxygen atoms in total. The zero-order chi connectivity index (χ0) is 15.0. The lowest BCUT2D eigenvalue weighted by Gasteiger charge is -2.20. The molecule has 106 valence electrons. The van der Waals surface area contributed by atoms with Crippen molar-refractivity contribution >= 4 is 10.8 Å². The van der Waals surface area contributed by atoms with Crippen LogP contribution in [-0.4, -0.2) is 5.11 Å². The molecule has 0 heterocycles. The molecule has 1 N–H and O–H groups in total. The molecule has 3 aromatic carbocycles. The predicted molar refractivity (Wildman–Crippen MR) is 89.7 cm³/mol. The predicted octanol–water partition coefficient (Wildman–Crippen LogP) is 5.51. The van der Waals surface area contributed by atoms with Crippen LogP contribution < -0.4 is 0 Å². The lowest BCUT2D eigenvalue weighted by atomic mass is 9.84. The average molecular weight is 276 g/mol. The normalized spacial score (nSPS) is 11.8. The minimum absolute atomic E-state index is 0.0625. The maximum Gasteiger partial charge on any atom is 0.123 e. The number of aromatic hydroxyl groups is 1. The molecule has 0 bridgehead atoms. The molecule has 21 heavy (non-hydrogen) atoms. The SMILES string of the molecule is CC(C)(C)c1ccc(O)c(-c2cccc3ccccc23)c1. The van der Waals surface area contributed by atoms with Gasteiger partial charge in [-0.2, -0.15) is 0 Å². The van der Waals surface area contributed by atoms with Crippen LogP contribution in [0.2, 0.25) is 0 Å². The van der Waals surface area contributed by atoms with Gasteiger partial charge in [0.2, 0.25) is 0 Å². The van der Waals surface area contributed by atoms with Gasteiger partial charge >= 0.3 is 0 Å². The van der Waals surface area contributed by atoms with Crippen molar-refractivity contribution in [1.29, 1.82) is 0 Å². The summed E-state index contributed by atoms with van der Waals surface area (Å²) in [5.74, 6) is 0.333. The smallest absolute Gasteiger partial charge is 0.123 e. The first-order chi connectivity index (χ1) is 9.97. The van der Waals surface area contributed by atoms with E-state index in [-0.39, 0.29) is 5.41 Å². The third-order valence-electron chi connectivity index (χ3n) is 3.94. The van der Waals surface area contributed by atoms with E-state index in [1.807, 2.05) is 24.3 Å². The van der Waals surface area contributed by atoms with Gasteiger partial charge in [-0.15, -0.1) is 0 Å². The fraction of sp³-hybridized carbons (Fsp3) is 0.200. The molecule has 0 aliphatic rings. The van der Waals surface area contributed by atoms with E-state index in [0.717, 1.165) is 11.1 Å². The zero-order valence-corrected chi connectivity index (χ0v) is 12.7. The van der Waals surface area contributed by atoms with Crippen LogP contribution in [0.25, 0.3) is 21.9 Å². The first-order valence-corrected chi connectivity index (χ1v) is 7.28. The lowest BCUT2D eigenvalue weighted by molar-refractivity contribution is 0.476. The van der Waals surface area contributed by atoms with E-state index >= 15 is 0 Å². The number of phenolic OH excluding ortho intramolecular Hbond substituents is 1. The zero-order valence-electron chi connectivity index (χ0n) is 12.7.